The lowest BCUT2D eigenvalue weighted by atomic mass is 10.0. The molecule has 1 atom stereocenters. The highest BCUT2D eigenvalue weighted by molar-refractivity contribution is 6.04. The topological polar surface area (TPSA) is 78.4 Å². The second-order valence-corrected chi connectivity index (χ2v) is 6.28. The summed E-state index contributed by atoms with van der Waals surface area (Å²) in [6.07, 6.45) is 0.486. The van der Waals surface area contributed by atoms with Gasteiger partial charge in [0.2, 0.25) is 11.9 Å². The van der Waals surface area contributed by atoms with Crippen LogP contribution < -0.4 is 19.5 Å². The van der Waals surface area contributed by atoms with Gasteiger partial charge in [-0.2, -0.15) is 0 Å². The van der Waals surface area contributed by atoms with Crippen LogP contribution in [0.4, 0.5) is 0 Å². The molecule has 0 fully saturated rings. The lowest BCUT2D eigenvalue weighted by Crippen LogP contribution is -2.36. The first-order valence-corrected chi connectivity index (χ1v) is 9.01. The third-order valence-corrected chi connectivity index (χ3v) is 4.51. The van der Waals surface area contributed by atoms with Crippen molar-refractivity contribution < 1.29 is 23.8 Å². The number of hydrogen-bond donors (Lipinski definition) is 1. The van der Waals surface area contributed by atoms with E-state index in [4.69, 9.17) is 19.0 Å². The van der Waals surface area contributed by atoms with Crippen LogP contribution >= 0.6 is 0 Å². The molecule has 0 saturated heterocycles. The fourth-order valence-corrected chi connectivity index (χ4v) is 3.02. The van der Waals surface area contributed by atoms with E-state index in [0.29, 0.717) is 35.9 Å². The number of rotatable bonds is 8. The van der Waals surface area contributed by atoms with E-state index >= 15 is 0 Å². The van der Waals surface area contributed by atoms with Gasteiger partial charge in [0.05, 0.1) is 27.0 Å². The minimum Gasteiger partial charge on any atom is -0.493 e. The van der Waals surface area contributed by atoms with Crippen molar-refractivity contribution in [3.63, 3.8) is 0 Å². The summed E-state index contributed by atoms with van der Waals surface area (Å²) in [6, 6.07) is 13.6. The van der Waals surface area contributed by atoms with E-state index in [1.54, 1.807) is 33.5 Å². The summed E-state index contributed by atoms with van der Waals surface area (Å²) < 4.78 is 16.1. The Labute approximate surface area is 164 Å². The van der Waals surface area contributed by atoms with Crippen LogP contribution in [0.25, 0.3) is 0 Å². The quantitative estimate of drug-likeness (QED) is 0.757. The molecule has 1 N–H and O–H groups in total. The average Bonchev–Trinajstić information content (AvgIpc) is 3.23. The Balaban J connectivity index is 1.60. The largest absolute Gasteiger partial charge is 0.493 e. The number of nitrogens with one attached hydrogen (secondary N) is 1. The van der Waals surface area contributed by atoms with Gasteiger partial charge in [0, 0.05) is 18.5 Å². The van der Waals surface area contributed by atoms with Crippen molar-refractivity contribution >= 4 is 11.6 Å². The molecular formula is C21H24N2O5. The predicted molar refractivity (Wildman–Crippen MR) is 105 cm³/mol. The Morgan fingerprint density at radius 1 is 1.11 bits per heavy atom. The number of amides is 1. The summed E-state index contributed by atoms with van der Waals surface area (Å²) in [5.41, 5.74) is 2.58. The first-order chi connectivity index (χ1) is 13.7. The Hall–Kier alpha value is -3.22. The molecule has 1 heterocycles. The van der Waals surface area contributed by atoms with E-state index < -0.39 is 6.10 Å². The molecule has 3 rings (SSSR count). The number of hydrogen-bond acceptors (Lipinski definition) is 6. The number of benzene rings is 2. The number of carbonyl (C=O) groups is 1. The zero-order chi connectivity index (χ0) is 19.9. The van der Waals surface area contributed by atoms with Gasteiger partial charge in [-0.1, -0.05) is 35.5 Å². The second-order valence-electron chi connectivity index (χ2n) is 6.28. The SMILES string of the molecule is COc1cc(C2=NO[C@H](C(=O)NCCc3ccccc3)C2)cc(OC)c1OC. The van der Waals surface area contributed by atoms with Gasteiger partial charge in [0.15, 0.2) is 11.5 Å². The number of methoxy groups -OCH3 is 3. The van der Waals surface area contributed by atoms with Crippen LogP contribution in [0, 0.1) is 0 Å². The van der Waals surface area contributed by atoms with Gasteiger partial charge < -0.3 is 24.4 Å². The summed E-state index contributed by atoms with van der Waals surface area (Å²) in [7, 11) is 4.65. The molecule has 1 amide bonds. The highest BCUT2D eigenvalue weighted by Gasteiger charge is 2.29. The molecule has 1 aliphatic rings. The van der Waals surface area contributed by atoms with Crippen molar-refractivity contribution in [2.45, 2.75) is 18.9 Å². The van der Waals surface area contributed by atoms with Crippen LogP contribution in [0.1, 0.15) is 17.5 Å². The van der Waals surface area contributed by atoms with E-state index in [2.05, 4.69) is 10.5 Å². The Kier molecular flexibility index (Phi) is 6.37. The van der Waals surface area contributed by atoms with Crippen LogP contribution in [-0.4, -0.2) is 45.6 Å². The van der Waals surface area contributed by atoms with Crippen molar-refractivity contribution in [2.24, 2.45) is 5.16 Å². The van der Waals surface area contributed by atoms with Crippen molar-refractivity contribution in [3.8, 4) is 17.2 Å². The van der Waals surface area contributed by atoms with E-state index in [-0.39, 0.29) is 5.91 Å². The van der Waals surface area contributed by atoms with Gasteiger partial charge in [0.1, 0.15) is 0 Å². The summed E-state index contributed by atoms with van der Waals surface area (Å²) in [6.45, 7) is 0.544. The molecule has 0 spiro atoms. The van der Waals surface area contributed by atoms with Crippen LogP contribution in [0.2, 0.25) is 0 Å². The molecule has 1 aliphatic heterocycles. The summed E-state index contributed by atoms with van der Waals surface area (Å²) in [4.78, 5) is 17.7. The highest BCUT2D eigenvalue weighted by Crippen LogP contribution is 2.39. The zero-order valence-corrected chi connectivity index (χ0v) is 16.2. The first kappa shape index (κ1) is 19.5. The molecule has 148 valence electrons. The standard InChI is InChI=1S/C21H24N2O5/c1-25-17-11-15(12-18(26-2)20(17)27-3)16-13-19(28-23-16)21(24)22-10-9-14-7-5-4-6-8-14/h4-8,11-12,19H,9-10,13H2,1-3H3,(H,22,24)/t19-/m0/s1. The van der Waals surface area contributed by atoms with Gasteiger partial charge in [-0.25, -0.2) is 0 Å². The van der Waals surface area contributed by atoms with E-state index in [9.17, 15) is 4.79 Å². The van der Waals surface area contributed by atoms with Gasteiger partial charge in [-0.3, -0.25) is 4.79 Å². The summed E-state index contributed by atoms with van der Waals surface area (Å²) in [5.74, 6) is 1.37. The number of oxime groups is 1. The molecule has 0 saturated carbocycles. The van der Waals surface area contributed by atoms with Crippen molar-refractivity contribution in [1.29, 1.82) is 0 Å². The smallest absolute Gasteiger partial charge is 0.264 e. The summed E-state index contributed by atoms with van der Waals surface area (Å²) in [5, 5.41) is 6.99. The monoisotopic (exact) mass is 384 g/mol. The lowest BCUT2D eigenvalue weighted by molar-refractivity contribution is -0.131. The molecule has 0 aromatic heterocycles. The van der Waals surface area contributed by atoms with Gasteiger partial charge in [-0.05, 0) is 24.1 Å². The Bertz CT molecular complexity index is 826. The predicted octanol–water partition coefficient (Wildman–Crippen LogP) is 2.56. The van der Waals surface area contributed by atoms with Gasteiger partial charge in [-0.15, -0.1) is 0 Å². The average molecular weight is 384 g/mol. The van der Waals surface area contributed by atoms with Crippen molar-refractivity contribution in [1.82, 2.24) is 5.32 Å². The molecule has 2 aromatic rings. The molecule has 7 nitrogen and oxygen atoms in total. The highest BCUT2D eigenvalue weighted by atomic mass is 16.6. The summed E-state index contributed by atoms with van der Waals surface area (Å²) >= 11 is 0. The van der Waals surface area contributed by atoms with Crippen LogP contribution in [-0.2, 0) is 16.1 Å². The molecular weight excluding hydrogens is 360 g/mol. The molecule has 0 bridgehead atoms. The minimum absolute atomic E-state index is 0.179. The third-order valence-electron chi connectivity index (χ3n) is 4.51. The lowest BCUT2D eigenvalue weighted by Gasteiger charge is -2.14. The molecule has 7 heteroatoms. The number of nitrogens with zero attached hydrogens (tertiary/aromatic N) is 1. The Morgan fingerprint density at radius 2 is 1.79 bits per heavy atom. The van der Waals surface area contributed by atoms with Crippen molar-refractivity contribution in [2.75, 3.05) is 27.9 Å². The molecule has 28 heavy (non-hydrogen) atoms. The fourth-order valence-electron chi connectivity index (χ4n) is 3.02. The second kappa shape index (κ2) is 9.12. The van der Waals surface area contributed by atoms with Crippen molar-refractivity contribution in [3.05, 3.63) is 53.6 Å². The number of ether oxygens (including phenoxy) is 3. The first-order valence-electron chi connectivity index (χ1n) is 9.01. The molecule has 2 aromatic carbocycles. The van der Waals surface area contributed by atoms with Gasteiger partial charge in [0.25, 0.3) is 5.91 Å². The normalized spacial score (nSPS) is 15.4. The minimum atomic E-state index is -0.648. The van der Waals surface area contributed by atoms with Crippen LogP contribution in [0.3, 0.4) is 0 Å². The van der Waals surface area contributed by atoms with E-state index in [0.717, 1.165) is 12.0 Å². The zero-order valence-electron chi connectivity index (χ0n) is 16.2. The van der Waals surface area contributed by atoms with E-state index in [1.165, 1.54) is 5.56 Å². The van der Waals surface area contributed by atoms with Gasteiger partial charge >= 0.3 is 0 Å². The van der Waals surface area contributed by atoms with Crippen LogP contribution in [0.5, 0.6) is 17.2 Å². The maximum Gasteiger partial charge on any atom is 0.264 e. The maximum atomic E-state index is 12.4. The maximum absolute atomic E-state index is 12.4. The molecule has 0 radical (unpaired) electrons. The number of carbonyl (C=O) groups excluding carboxylic acids is 1. The molecule has 0 unspecified atom stereocenters. The van der Waals surface area contributed by atoms with Crippen LogP contribution in [0.15, 0.2) is 47.6 Å². The Morgan fingerprint density at radius 3 is 2.39 bits per heavy atom. The molecule has 0 aliphatic carbocycles. The third kappa shape index (κ3) is 4.36. The fraction of sp³-hybridized carbons (Fsp3) is 0.333. The van der Waals surface area contributed by atoms with E-state index in [1.807, 2.05) is 30.3 Å².